The topological polar surface area (TPSA) is 13.1 Å². The minimum atomic E-state index is -0.137. The number of rotatable bonds is 1. The first-order chi connectivity index (χ1) is 19.9. The molecule has 0 saturated carbocycles. The van der Waals surface area contributed by atoms with Gasteiger partial charge in [0.1, 0.15) is 11.2 Å². The van der Waals surface area contributed by atoms with Gasteiger partial charge in [0.25, 0.3) is 0 Å². The maximum Gasteiger partial charge on any atom is 0.143 e. The molecule has 1 aromatic heterocycles. The number of hydrogen-bond donors (Lipinski definition) is 0. The fourth-order valence-corrected chi connectivity index (χ4v) is 7.96. The Labute approximate surface area is 240 Å². The van der Waals surface area contributed by atoms with Crippen molar-refractivity contribution >= 4 is 32.7 Å². The summed E-state index contributed by atoms with van der Waals surface area (Å²) in [5, 5.41) is 4.92. The highest BCUT2D eigenvalue weighted by Crippen LogP contribution is 2.58. The van der Waals surface area contributed by atoms with Crippen LogP contribution in [0, 0.1) is 0 Å². The molecule has 1 heterocycles. The average molecular weight is 527 g/mol. The van der Waals surface area contributed by atoms with Gasteiger partial charge in [0, 0.05) is 27.2 Å². The summed E-state index contributed by atoms with van der Waals surface area (Å²) in [6, 6.07) is 40.3. The normalized spacial score (nSPS) is 15.7. The summed E-state index contributed by atoms with van der Waals surface area (Å²) in [5.41, 5.74) is 15.3. The molecule has 0 fully saturated rings. The lowest BCUT2D eigenvalue weighted by Crippen LogP contribution is -2.17. The Morgan fingerprint density at radius 3 is 1.85 bits per heavy atom. The molecule has 2 aliphatic carbocycles. The van der Waals surface area contributed by atoms with Crippen molar-refractivity contribution in [1.29, 1.82) is 0 Å². The maximum atomic E-state index is 6.53. The Hall–Kier alpha value is -4.62. The Bertz CT molecular complexity index is 2260. The molecule has 0 aliphatic heterocycles. The van der Waals surface area contributed by atoms with Gasteiger partial charge in [-0.15, -0.1) is 0 Å². The van der Waals surface area contributed by atoms with Crippen LogP contribution >= 0.6 is 0 Å². The SMILES string of the molecule is CC1(C)c2ccccc2-c2cc3c(cc21)-c1c(cc(-c2cccc4c2oc2ccccc24)c2ccccc12)C3(C)C. The number of fused-ring (bicyclic) bond motifs is 11. The van der Waals surface area contributed by atoms with Crippen LogP contribution in [0.2, 0.25) is 0 Å². The predicted molar refractivity (Wildman–Crippen MR) is 172 cm³/mol. The van der Waals surface area contributed by atoms with E-state index < -0.39 is 0 Å². The van der Waals surface area contributed by atoms with Gasteiger partial charge in [-0.05, 0) is 85.1 Å². The van der Waals surface area contributed by atoms with Crippen molar-refractivity contribution in [3.05, 3.63) is 131 Å². The van der Waals surface area contributed by atoms with Crippen LogP contribution in [-0.4, -0.2) is 0 Å². The van der Waals surface area contributed by atoms with E-state index in [2.05, 4.69) is 131 Å². The van der Waals surface area contributed by atoms with E-state index in [1.807, 2.05) is 6.07 Å². The molecule has 196 valence electrons. The maximum absolute atomic E-state index is 6.53. The molecule has 41 heavy (non-hydrogen) atoms. The molecule has 0 bridgehead atoms. The smallest absolute Gasteiger partial charge is 0.143 e. The first-order valence-corrected chi connectivity index (χ1v) is 14.6. The van der Waals surface area contributed by atoms with Crippen molar-refractivity contribution in [2.45, 2.75) is 38.5 Å². The highest BCUT2D eigenvalue weighted by atomic mass is 16.3. The minimum Gasteiger partial charge on any atom is -0.455 e. The van der Waals surface area contributed by atoms with Crippen molar-refractivity contribution < 1.29 is 4.42 Å². The van der Waals surface area contributed by atoms with Crippen molar-refractivity contribution in [3.8, 4) is 33.4 Å². The Morgan fingerprint density at radius 2 is 1.00 bits per heavy atom. The molecule has 6 aromatic carbocycles. The largest absolute Gasteiger partial charge is 0.455 e. The quantitative estimate of drug-likeness (QED) is 0.207. The number of benzene rings is 6. The van der Waals surface area contributed by atoms with Gasteiger partial charge < -0.3 is 4.42 Å². The summed E-state index contributed by atoms with van der Waals surface area (Å²) >= 11 is 0. The van der Waals surface area contributed by atoms with E-state index in [9.17, 15) is 0 Å². The lowest BCUT2D eigenvalue weighted by Gasteiger charge is -2.24. The van der Waals surface area contributed by atoms with E-state index in [4.69, 9.17) is 4.42 Å². The third-order valence-electron chi connectivity index (χ3n) is 10.1. The lowest BCUT2D eigenvalue weighted by atomic mass is 9.79. The van der Waals surface area contributed by atoms with Crippen molar-refractivity contribution in [3.63, 3.8) is 0 Å². The van der Waals surface area contributed by atoms with Crippen LogP contribution in [0.5, 0.6) is 0 Å². The second-order valence-corrected chi connectivity index (χ2v) is 12.9. The van der Waals surface area contributed by atoms with Gasteiger partial charge in [-0.25, -0.2) is 0 Å². The zero-order valence-electron chi connectivity index (χ0n) is 23.8. The van der Waals surface area contributed by atoms with Crippen LogP contribution in [0.15, 0.2) is 114 Å². The summed E-state index contributed by atoms with van der Waals surface area (Å²) in [6.45, 7) is 9.55. The summed E-state index contributed by atoms with van der Waals surface area (Å²) in [6.07, 6.45) is 0. The second-order valence-electron chi connectivity index (χ2n) is 12.9. The fraction of sp³-hybridized carbons (Fsp3) is 0.150. The third-order valence-corrected chi connectivity index (χ3v) is 10.1. The van der Waals surface area contributed by atoms with Crippen molar-refractivity contribution in [2.75, 3.05) is 0 Å². The Balaban J connectivity index is 1.36. The zero-order chi connectivity index (χ0) is 27.7. The summed E-state index contributed by atoms with van der Waals surface area (Å²) in [5.74, 6) is 0. The Kier molecular flexibility index (Phi) is 4.26. The molecule has 2 aliphatic rings. The summed E-state index contributed by atoms with van der Waals surface area (Å²) < 4.78 is 6.53. The van der Waals surface area contributed by atoms with Gasteiger partial charge >= 0.3 is 0 Å². The van der Waals surface area contributed by atoms with E-state index in [0.29, 0.717) is 0 Å². The number of para-hydroxylation sites is 2. The standard InChI is InChI=1S/C40H30O/c1-39(2)32-18-9-7-13-24(32)30-21-34-31(22-33(30)39)37-26-15-6-5-12-23(26)29(20-35(37)40(34,3)4)28-17-11-16-27-25-14-8-10-19-36(25)41-38(27)28/h5-22H,1-4H3. The molecule has 1 nitrogen and oxygen atoms in total. The summed E-state index contributed by atoms with van der Waals surface area (Å²) in [7, 11) is 0. The number of furan rings is 1. The fourth-order valence-electron chi connectivity index (χ4n) is 7.96. The predicted octanol–water partition coefficient (Wildman–Crippen LogP) is 11.0. The van der Waals surface area contributed by atoms with E-state index in [-0.39, 0.29) is 10.8 Å². The molecule has 0 radical (unpaired) electrons. The molecule has 0 unspecified atom stereocenters. The molecular weight excluding hydrogens is 496 g/mol. The zero-order valence-corrected chi connectivity index (χ0v) is 23.8. The van der Waals surface area contributed by atoms with Crippen molar-refractivity contribution in [2.24, 2.45) is 0 Å². The van der Waals surface area contributed by atoms with E-state index in [0.717, 1.165) is 16.7 Å². The van der Waals surface area contributed by atoms with Crippen LogP contribution in [0.25, 0.3) is 66.1 Å². The number of hydrogen-bond acceptors (Lipinski definition) is 1. The van der Waals surface area contributed by atoms with Gasteiger partial charge in [0.15, 0.2) is 0 Å². The van der Waals surface area contributed by atoms with Gasteiger partial charge in [0.2, 0.25) is 0 Å². The van der Waals surface area contributed by atoms with Gasteiger partial charge in [-0.2, -0.15) is 0 Å². The van der Waals surface area contributed by atoms with Gasteiger partial charge in [-0.1, -0.05) is 113 Å². The van der Waals surface area contributed by atoms with Crippen LogP contribution < -0.4 is 0 Å². The molecule has 0 atom stereocenters. The Morgan fingerprint density at radius 1 is 0.415 bits per heavy atom. The van der Waals surface area contributed by atoms with Gasteiger partial charge in [0.05, 0.1) is 0 Å². The van der Waals surface area contributed by atoms with Crippen molar-refractivity contribution in [1.82, 2.24) is 0 Å². The lowest BCUT2D eigenvalue weighted by molar-refractivity contribution is 0.652. The highest BCUT2D eigenvalue weighted by molar-refractivity contribution is 6.15. The molecule has 0 spiro atoms. The van der Waals surface area contributed by atoms with E-state index in [1.165, 1.54) is 71.6 Å². The third kappa shape index (κ3) is 2.81. The minimum absolute atomic E-state index is 0.0272. The van der Waals surface area contributed by atoms with Crippen LogP contribution in [0.4, 0.5) is 0 Å². The molecule has 7 aromatic rings. The monoisotopic (exact) mass is 526 g/mol. The molecule has 0 N–H and O–H groups in total. The average Bonchev–Trinajstić information content (AvgIpc) is 3.56. The molecule has 1 heteroatoms. The molecule has 0 saturated heterocycles. The van der Waals surface area contributed by atoms with Crippen LogP contribution in [0.3, 0.4) is 0 Å². The van der Waals surface area contributed by atoms with Crippen LogP contribution in [0.1, 0.15) is 49.9 Å². The molecule has 0 amide bonds. The second kappa shape index (κ2) is 7.56. The first-order valence-electron chi connectivity index (χ1n) is 14.6. The molecular formula is C40H30O. The highest BCUT2D eigenvalue weighted by Gasteiger charge is 2.42. The molecule has 9 rings (SSSR count). The van der Waals surface area contributed by atoms with E-state index >= 15 is 0 Å². The first kappa shape index (κ1) is 23.1. The van der Waals surface area contributed by atoms with E-state index in [1.54, 1.807) is 0 Å². The summed E-state index contributed by atoms with van der Waals surface area (Å²) in [4.78, 5) is 0. The van der Waals surface area contributed by atoms with Crippen LogP contribution in [-0.2, 0) is 10.8 Å². The van der Waals surface area contributed by atoms with Gasteiger partial charge in [-0.3, -0.25) is 0 Å².